The maximum atomic E-state index is 11.3. The Morgan fingerprint density at radius 1 is 1.80 bits per heavy atom. The molecule has 1 rings (SSSR count). The molecule has 84 valence electrons. The van der Waals surface area contributed by atoms with Crippen molar-refractivity contribution in [2.75, 3.05) is 7.11 Å². The van der Waals surface area contributed by atoms with Gasteiger partial charge in [-0.15, -0.1) is 0 Å². The van der Waals surface area contributed by atoms with Crippen LogP contribution in [0, 0.1) is 6.92 Å². The Hall–Kier alpha value is -1.40. The summed E-state index contributed by atoms with van der Waals surface area (Å²) in [6.45, 7) is 3.04. The number of aryl methyl sites for hydroxylation is 1. The lowest BCUT2D eigenvalue weighted by molar-refractivity contribution is -0.151. The van der Waals surface area contributed by atoms with Crippen LogP contribution in [0.1, 0.15) is 24.5 Å². The van der Waals surface area contributed by atoms with E-state index in [9.17, 15) is 9.90 Å². The Labute approximate surface area is 87.0 Å². The fourth-order valence-corrected chi connectivity index (χ4v) is 1.15. The third kappa shape index (κ3) is 2.16. The van der Waals surface area contributed by atoms with Crippen molar-refractivity contribution in [1.29, 1.82) is 0 Å². The van der Waals surface area contributed by atoms with Crippen LogP contribution >= 0.6 is 0 Å². The van der Waals surface area contributed by atoms with E-state index in [4.69, 9.17) is 10.3 Å². The molecule has 1 aromatic rings. The maximum Gasteiger partial charge on any atom is 0.328 e. The number of aliphatic hydroxyl groups excluding tert-OH is 1. The lowest BCUT2D eigenvalue weighted by atomic mass is 9.94. The van der Waals surface area contributed by atoms with Crippen molar-refractivity contribution >= 4 is 5.97 Å². The highest BCUT2D eigenvalue weighted by Gasteiger charge is 2.40. The van der Waals surface area contributed by atoms with E-state index in [1.807, 2.05) is 0 Å². The second-order valence-corrected chi connectivity index (χ2v) is 3.54. The SMILES string of the molecule is COC(=O)C(C)(N)[C@@H](O)c1cc(C)on1. The highest BCUT2D eigenvalue weighted by Crippen LogP contribution is 2.24. The van der Waals surface area contributed by atoms with E-state index in [2.05, 4.69) is 9.89 Å². The topological polar surface area (TPSA) is 98.6 Å². The summed E-state index contributed by atoms with van der Waals surface area (Å²) in [5.74, 6) is -0.180. The third-order valence-corrected chi connectivity index (χ3v) is 2.12. The molecule has 1 heterocycles. The quantitative estimate of drug-likeness (QED) is 0.682. The lowest BCUT2D eigenvalue weighted by Crippen LogP contribution is -2.51. The number of ether oxygens (including phenoxy) is 1. The first-order valence-corrected chi connectivity index (χ1v) is 4.38. The number of methoxy groups -OCH3 is 1. The molecule has 6 heteroatoms. The number of aliphatic hydroxyl groups is 1. The maximum absolute atomic E-state index is 11.3. The summed E-state index contributed by atoms with van der Waals surface area (Å²) in [6.07, 6.45) is -1.26. The summed E-state index contributed by atoms with van der Waals surface area (Å²) >= 11 is 0. The largest absolute Gasteiger partial charge is 0.468 e. The molecule has 0 spiro atoms. The van der Waals surface area contributed by atoms with E-state index in [1.165, 1.54) is 20.1 Å². The van der Waals surface area contributed by atoms with Gasteiger partial charge in [0.2, 0.25) is 0 Å². The van der Waals surface area contributed by atoms with Crippen LogP contribution in [0.2, 0.25) is 0 Å². The Kier molecular flexibility index (Phi) is 3.11. The number of nitrogens with two attached hydrogens (primary N) is 1. The number of carbonyl (C=O) groups excluding carboxylic acids is 1. The zero-order chi connectivity index (χ0) is 11.6. The predicted molar refractivity (Wildman–Crippen MR) is 50.8 cm³/mol. The minimum Gasteiger partial charge on any atom is -0.468 e. The van der Waals surface area contributed by atoms with Crippen molar-refractivity contribution in [2.24, 2.45) is 5.73 Å². The van der Waals surface area contributed by atoms with Gasteiger partial charge in [-0.25, -0.2) is 4.79 Å². The van der Waals surface area contributed by atoms with Gasteiger partial charge in [0.25, 0.3) is 0 Å². The highest BCUT2D eigenvalue weighted by atomic mass is 16.5. The van der Waals surface area contributed by atoms with Crippen LogP contribution < -0.4 is 5.73 Å². The molecule has 0 aromatic carbocycles. The zero-order valence-corrected chi connectivity index (χ0v) is 8.85. The molecular formula is C9H14N2O4. The summed E-state index contributed by atoms with van der Waals surface area (Å²) in [4.78, 5) is 11.3. The van der Waals surface area contributed by atoms with Crippen LogP contribution in [-0.2, 0) is 9.53 Å². The van der Waals surface area contributed by atoms with Gasteiger partial charge in [0.15, 0.2) is 0 Å². The van der Waals surface area contributed by atoms with E-state index < -0.39 is 17.6 Å². The summed E-state index contributed by atoms with van der Waals surface area (Å²) in [7, 11) is 1.20. The number of hydrogen-bond donors (Lipinski definition) is 2. The number of hydrogen-bond acceptors (Lipinski definition) is 6. The van der Waals surface area contributed by atoms with Crippen molar-refractivity contribution in [3.8, 4) is 0 Å². The van der Waals surface area contributed by atoms with Crippen molar-refractivity contribution < 1.29 is 19.2 Å². The monoisotopic (exact) mass is 214 g/mol. The molecule has 1 unspecified atom stereocenters. The summed E-state index contributed by atoms with van der Waals surface area (Å²) in [6, 6.07) is 1.51. The average Bonchev–Trinajstić information content (AvgIpc) is 2.62. The summed E-state index contributed by atoms with van der Waals surface area (Å²) in [5.41, 5.74) is 4.32. The molecule has 15 heavy (non-hydrogen) atoms. The molecule has 3 N–H and O–H groups in total. The molecular weight excluding hydrogens is 200 g/mol. The fraction of sp³-hybridized carbons (Fsp3) is 0.556. The smallest absolute Gasteiger partial charge is 0.328 e. The molecule has 0 saturated carbocycles. The van der Waals surface area contributed by atoms with Gasteiger partial charge in [-0.1, -0.05) is 5.16 Å². The van der Waals surface area contributed by atoms with Gasteiger partial charge in [-0.05, 0) is 13.8 Å². The van der Waals surface area contributed by atoms with Gasteiger partial charge in [-0.3, -0.25) is 0 Å². The minimum absolute atomic E-state index is 0.211. The Morgan fingerprint density at radius 2 is 2.40 bits per heavy atom. The lowest BCUT2D eigenvalue weighted by Gasteiger charge is -2.25. The van der Waals surface area contributed by atoms with E-state index in [0.29, 0.717) is 5.76 Å². The van der Waals surface area contributed by atoms with Gasteiger partial charge in [-0.2, -0.15) is 0 Å². The Bertz CT molecular complexity index is 359. The predicted octanol–water partition coefficient (Wildman–Crippen LogP) is -0.0932. The third-order valence-electron chi connectivity index (χ3n) is 2.12. The first-order valence-electron chi connectivity index (χ1n) is 4.38. The van der Waals surface area contributed by atoms with Crippen LogP contribution in [0.4, 0.5) is 0 Å². The van der Waals surface area contributed by atoms with Gasteiger partial charge in [0.05, 0.1) is 7.11 Å². The second-order valence-electron chi connectivity index (χ2n) is 3.54. The van der Waals surface area contributed by atoms with E-state index >= 15 is 0 Å². The van der Waals surface area contributed by atoms with Crippen LogP contribution in [0.3, 0.4) is 0 Å². The van der Waals surface area contributed by atoms with E-state index in [0.717, 1.165) is 0 Å². The average molecular weight is 214 g/mol. The molecule has 0 bridgehead atoms. The molecule has 0 radical (unpaired) electrons. The number of carbonyl (C=O) groups is 1. The molecule has 0 aliphatic heterocycles. The van der Waals surface area contributed by atoms with Gasteiger partial charge < -0.3 is 20.1 Å². The second kappa shape index (κ2) is 4.00. The Morgan fingerprint density at radius 3 is 2.80 bits per heavy atom. The fourth-order valence-electron chi connectivity index (χ4n) is 1.15. The van der Waals surface area contributed by atoms with Crippen molar-refractivity contribution in [3.63, 3.8) is 0 Å². The van der Waals surface area contributed by atoms with E-state index in [1.54, 1.807) is 6.92 Å². The van der Waals surface area contributed by atoms with Crippen molar-refractivity contribution in [1.82, 2.24) is 5.16 Å². The van der Waals surface area contributed by atoms with Crippen LogP contribution in [0.5, 0.6) is 0 Å². The molecule has 0 aliphatic rings. The molecule has 0 saturated heterocycles. The van der Waals surface area contributed by atoms with Gasteiger partial charge in [0, 0.05) is 6.07 Å². The van der Waals surface area contributed by atoms with Crippen molar-refractivity contribution in [2.45, 2.75) is 25.5 Å². The van der Waals surface area contributed by atoms with Crippen LogP contribution in [0.25, 0.3) is 0 Å². The number of rotatable bonds is 3. The number of esters is 1. The summed E-state index contributed by atoms with van der Waals surface area (Å²) in [5, 5.41) is 13.4. The molecule has 2 atom stereocenters. The molecule has 0 amide bonds. The summed E-state index contributed by atoms with van der Waals surface area (Å²) < 4.78 is 9.26. The molecule has 0 fully saturated rings. The van der Waals surface area contributed by atoms with Gasteiger partial charge >= 0.3 is 5.97 Å². The van der Waals surface area contributed by atoms with Crippen LogP contribution in [-0.4, -0.2) is 28.9 Å². The Balaban J connectivity index is 2.93. The van der Waals surface area contributed by atoms with E-state index in [-0.39, 0.29) is 5.69 Å². The number of nitrogens with zero attached hydrogens (tertiary/aromatic N) is 1. The van der Waals surface area contributed by atoms with Gasteiger partial charge in [0.1, 0.15) is 23.1 Å². The number of aromatic nitrogens is 1. The zero-order valence-electron chi connectivity index (χ0n) is 8.85. The standard InChI is InChI=1S/C9H14N2O4/c1-5-4-6(11-15-5)7(12)9(2,10)8(13)14-3/h4,7,12H,10H2,1-3H3/t7-,9?/m0/s1. The van der Waals surface area contributed by atoms with Crippen molar-refractivity contribution in [3.05, 3.63) is 17.5 Å². The molecule has 0 aliphatic carbocycles. The molecule has 6 nitrogen and oxygen atoms in total. The minimum atomic E-state index is -1.54. The van der Waals surface area contributed by atoms with Crippen LogP contribution in [0.15, 0.2) is 10.6 Å². The highest BCUT2D eigenvalue weighted by molar-refractivity contribution is 5.80. The first-order chi connectivity index (χ1) is 6.89. The molecule has 1 aromatic heterocycles. The first kappa shape index (κ1) is 11.7. The normalized spacial score (nSPS) is 16.9.